The quantitative estimate of drug-likeness (QED) is 0.907. The van der Waals surface area contributed by atoms with Crippen molar-refractivity contribution in [2.45, 2.75) is 33.0 Å². The van der Waals surface area contributed by atoms with Gasteiger partial charge in [0.1, 0.15) is 6.61 Å². The molecule has 1 N–H and O–H groups in total. The maximum atomic E-state index is 9.29. The number of aliphatic hydroxyl groups is 1. The highest BCUT2D eigenvalue weighted by Crippen LogP contribution is 2.20. The molecule has 0 amide bonds. The van der Waals surface area contributed by atoms with Crippen molar-refractivity contribution in [1.82, 2.24) is 4.98 Å². The lowest BCUT2D eigenvalue weighted by molar-refractivity contribution is 0.274. The highest BCUT2D eigenvalue weighted by atomic mass is 35.5. The number of ether oxygens (including phenoxy) is 1. The van der Waals surface area contributed by atoms with Gasteiger partial charge in [0.25, 0.3) is 0 Å². The number of benzene rings is 1. The van der Waals surface area contributed by atoms with Crippen LogP contribution in [0.4, 0.5) is 0 Å². The Labute approximate surface area is 124 Å². The number of hydrogen-bond donors (Lipinski definition) is 1. The zero-order valence-corrected chi connectivity index (χ0v) is 12.4. The van der Waals surface area contributed by atoms with Crippen LogP contribution in [0.1, 0.15) is 36.6 Å². The molecule has 3 nitrogen and oxygen atoms in total. The molecule has 0 aliphatic rings. The number of halogens is 1. The van der Waals surface area contributed by atoms with Crippen molar-refractivity contribution >= 4 is 11.6 Å². The van der Waals surface area contributed by atoms with Crippen molar-refractivity contribution in [3.8, 4) is 5.88 Å². The Kier molecular flexibility index (Phi) is 4.99. The average molecular weight is 292 g/mol. The summed E-state index contributed by atoms with van der Waals surface area (Å²) in [5.74, 6) is 0.828. The van der Waals surface area contributed by atoms with Gasteiger partial charge in [0.15, 0.2) is 0 Å². The molecule has 106 valence electrons. The molecule has 1 aromatic heterocycles. The van der Waals surface area contributed by atoms with Gasteiger partial charge >= 0.3 is 0 Å². The molecule has 0 bridgehead atoms. The van der Waals surface area contributed by atoms with Gasteiger partial charge in [0.2, 0.25) is 5.88 Å². The van der Waals surface area contributed by atoms with Crippen molar-refractivity contribution in [2.24, 2.45) is 0 Å². The van der Waals surface area contributed by atoms with E-state index in [1.54, 1.807) is 6.07 Å². The summed E-state index contributed by atoms with van der Waals surface area (Å²) in [5, 5.41) is 9.99. The summed E-state index contributed by atoms with van der Waals surface area (Å²) >= 11 is 5.84. The second-order valence-corrected chi connectivity index (χ2v) is 5.40. The van der Waals surface area contributed by atoms with Crippen LogP contribution in [-0.2, 0) is 13.2 Å². The fraction of sp³-hybridized carbons (Fsp3) is 0.312. The summed E-state index contributed by atoms with van der Waals surface area (Å²) < 4.78 is 5.70. The predicted octanol–water partition coefficient (Wildman–Crippen LogP) is 3.93. The summed E-state index contributed by atoms with van der Waals surface area (Å²) in [6.45, 7) is 4.54. The third kappa shape index (κ3) is 3.95. The Hall–Kier alpha value is -1.58. The van der Waals surface area contributed by atoms with E-state index in [1.807, 2.05) is 30.3 Å². The molecular weight excluding hydrogens is 274 g/mol. The number of pyridine rings is 1. The molecule has 4 heteroatoms. The van der Waals surface area contributed by atoms with Crippen LogP contribution in [0.25, 0.3) is 0 Å². The minimum absolute atomic E-state index is 0.0143. The van der Waals surface area contributed by atoms with Crippen LogP contribution in [0.3, 0.4) is 0 Å². The molecule has 1 heterocycles. The van der Waals surface area contributed by atoms with E-state index in [9.17, 15) is 5.11 Å². The molecule has 0 radical (unpaired) electrons. The van der Waals surface area contributed by atoms with Crippen LogP contribution in [0.2, 0.25) is 5.02 Å². The largest absolute Gasteiger partial charge is 0.473 e. The SMILES string of the molecule is CC(C)c1cc(CO)cc(OCc2ccc(Cl)cc2)n1. The van der Waals surface area contributed by atoms with Gasteiger partial charge in [-0.3, -0.25) is 0 Å². The second kappa shape index (κ2) is 6.73. The van der Waals surface area contributed by atoms with Crippen LogP contribution in [-0.4, -0.2) is 10.1 Å². The lowest BCUT2D eigenvalue weighted by Gasteiger charge is -2.11. The van der Waals surface area contributed by atoms with Gasteiger partial charge in [-0.25, -0.2) is 4.98 Å². The summed E-state index contributed by atoms with van der Waals surface area (Å²) in [7, 11) is 0. The monoisotopic (exact) mass is 291 g/mol. The van der Waals surface area contributed by atoms with Gasteiger partial charge in [-0.1, -0.05) is 37.6 Å². The van der Waals surface area contributed by atoms with Gasteiger partial charge in [0.05, 0.1) is 6.61 Å². The van der Waals surface area contributed by atoms with Crippen molar-refractivity contribution in [3.63, 3.8) is 0 Å². The highest BCUT2D eigenvalue weighted by Gasteiger charge is 2.07. The van der Waals surface area contributed by atoms with E-state index in [1.165, 1.54) is 0 Å². The molecule has 2 rings (SSSR count). The molecular formula is C16H18ClNO2. The lowest BCUT2D eigenvalue weighted by atomic mass is 10.1. The fourth-order valence-electron chi connectivity index (χ4n) is 1.78. The molecule has 0 aliphatic heterocycles. The predicted molar refractivity (Wildman–Crippen MR) is 80.0 cm³/mol. The van der Waals surface area contributed by atoms with Gasteiger partial charge in [-0.15, -0.1) is 0 Å². The van der Waals surface area contributed by atoms with Crippen molar-refractivity contribution in [2.75, 3.05) is 0 Å². The smallest absolute Gasteiger partial charge is 0.214 e. The van der Waals surface area contributed by atoms with Gasteiger partial charge in [-0.2, -0.15) is 0 Å². The van der Waals surface area contributed by atoms with Gasteiger partial charge in [-0.05, 0) is 35.2 Å². The summed E-state index contributed by atoms with van der Waals surface area (Å²) in [6.07, 6.45) is 0. The van der Waals surface area contributed by atoms with Gasteiger partial charge < -0.3 is 9.84 Å². The van der Waals surface area contributed by atoms with Crippen molar-refractivity contribution in [1.29, 1.82) is 0 Å². The lowest BCUT2D eigenvalue weighted by Crippen LogP contribution is -2.02. The van der Waals surface area contributed by atoms with Gasteiger partial charge in [0, 0.05) is 16.8 Å². The molecule has 0 fully saturated rings. The summed E-state index contributed by atoms with van der Waals surface area (Å²) in [4.78, 5) is 4.45. The third-order valence-corrected chi connectivity index (χ3v) is 3.21. The van der Waals surface area contributed by atoms with Crippen LogP contribution >= 0.6 is 11.6 Å². The van der Waals surface area contributed by atoms with E-state index in [2.05, 4.69) is 18.8 Å². The third-order valence-electron chi connectivity index (χ3n) is 2.96. The van der Waals surface area contributed by atoms with E-state index in [4.69, 9.17) is 16.3 Å². The van der Waals surface area contributed by atoms with Crippen LogP contribution in [0.5, 0.6) is 5.88 Å². The topological polar surface area (TPSA) is 42.4 Å². The normalized spacial score (nSPS) is 10.8. The molecule has 2 aromatic rings. The first kappa shape index (κ1) is 14.8. The number of hydrogen-bond acceptors (Lipinski definition) is 3. The highest BCUT2D eigenvalue weighted by molar-refractivity contribution is 6.30. The molecule has 0 spiro atoms. The summed E-state index contributed by atoms with van der Waals surface area (Å²) in [5.41, 5.74) is 2.76. The van der Waals surface area contributed by atoms with Crippen LogP contribution in [0, 0.1) is 0 Å². The molecule has 1 aromatic carbocycles. The molecule has 0 atom stereocenters. The summed E-state index contributed by atoms with van der Waals surface area (Å²) in [6, 6.07) is 11.2. The zero-order valence-electron chi connectivity index (χ0n) is 11.6. The maximum Gasteiger partial charge on any atom is 0.214 e. The van der Waals surface area contributed by atoms with Crippen LogP contribution in [0.15, 0.2) is 36.4 Å². The Morgan fingerprint density at radius 1 is 1.15 bits per heavy atom. The number of rotatable bonds is 5. The number of aromatic nitrogens is 1. The van der Waals surface area contributed by atoms with Crippen molar-refractivity contribution in [3.05, 3.63) is 58.2 Å². The van der Waals surface area contributed by atoms with Crippen LogP contribution < -0.4 is 4.74 Å². The van der Waals surface area contributed by atoms with E-state index in [0.29, 0.717) is 23.4 Å². The standard InChI is InChI=1S/C16H18ClNO2/c1-11(2)15-7-13(9-19)8-16(18-15)20-10-12-3-5-14(17)6-4-12/h3-8,11,19H,9-10H2,1-2H3. The van der Waals surface area contributed by atoms with E-state index >= 15 is 0 Å². The molecule has 0 aliphatic carbocycles. The van der Waals surface area contributed by atoms with E-state index in [-0.39, 0.29) is 6.61 Å². The molecule has 20 heavy (non-hydrogen) atoms. The number of nitrogens with zero attached hydrogens (tertiary/aromatic N) is 1. The average Bonchev–Trinajstić information content (AvgIpc) is 2.46. The Balaban J connectivity index is 2.12. The first-order valence-corrected chi connectivity index (χ1v) is 6.95. The Morgan fingerprint density at radius 3 is 2.45 bits per heavy atom. The molecule has 0 saturated carbocycles. The van der Waals surface area contributed by atoms with E-state index < -0.39 is 0 Å². The maximum absolute atomic E-state index is 9.29. The zero-order chi connectivity index (χ0) is 14.5. The minimum atomic E-state index is -0.0143. The Bertz CT molecular complexity index is 567. The molecule has 0 saturated heterocycles. The Morgan fingerprint density at radius 2 is 1.85 bits per heavy atom. The first-order chi connectivity index (χ1) is 9.58. The molecule has 0 unspecified atom stereocenters. The van der Waals surface area contributed by atoms with Crippen molar-refractivity contribution < 1.29 is 9.84 Å². The first-order valence-electron chi connectivity index (χ1n) is 6.57. The number of aliphatic hydroxyl groups excluding tert-OH is 1. The fourth-order valence-corrected chi connectivity index (χ4v) is 1.91. The van der Waals surface area contributed by atoms with E-state index in [0.717, 1.165) is 16.8 Å². The minimum Gasteiger partial charge on any atom is -0.473 e. The second-order valence-electron chi connectivity index (χ2n) is 4.97.